The molecule has 0 aliphatic rings. The molecule has 3 aromatic rings. The minimum Gasteiger partial charge on any atom is -0.398 e. The molecular weight excluding hydrogens is 230 g/mol. The third kappa shape index (κ3) is 1.76. The van der Waals surface area contributed by atoms with Crippen LogP contribution in [0.5, 0.6) is 0 Å². The van der Waals surface area contributed by atoms with Gasteiger partial charge < -0.3 is 5.73 Å². The molecule has 0 saturated carbocycles. The Morgan fingerprint density at radius 1 is 1.24 bits per heavy atom. The molecule has 0 atom stereocenters. The zero-order valence-electron chi connectivity index (χ0n) is 9.34. The van der Waals surface area contributed by atoms with E-state index in [9.17, 15) is 0 Å². The molecule has 0 saturated heterocycles. The summed E-state index contributed by atoms with van der Waals surface area (Å²) < 4.78 is 0. The Kier molecular flexibility index (Phi) is 2.30. The van der Waals surface area contributed by atoms with Crippen molar-refractivity contribution in [1.29, 1.82) is 0 Å². The molecule has 1 aromatic carbocycles. The molecule has 84 valence electrons. The summed E-state index contributed by atoms with van der Waals surface area (Å²) in [5.74, 6) is 0. The highest BCUT2D eigenvalue weighted by Gasteiger charge is 2.09. The molecule has 4 heteroatoms. The van der Waals surface area contributed by atoms with Crippen molar-refractivity contribution in [3.63, 3.8) is 0 Å². The predicted molar refractivity (Wildman–Crippen MR) is 72.0 cm³/mol. The molecule has 0 radical (unpaired) electrons. The summed E-state index contributed by atoms with van der Waals surface area (Å²) in [6.07, 6.45) is 1.86. The van der Waals surface area contributed by atoms with Crippen LogP contribution in [0.1, 0.15) is 5.56 Å². The van der Waals surface area contributed by atoms with E-state index >= 15 is 0 Å². The van der Waals surface area contributed by atoms with Gasteiger partial charge in [0.05, 0.1) is 0 Å². The second-order valence-corrected chi connectivity index (χ2v) is 4.92. The molecule has 17 heavy (non-hydrogen) atoms. The Morgan fingerprint density at radius 2 is 2.06 bits per heavy atom. The molecule has 0 spiro atoms. The van der Waals surface area contributed by atoms with Gasteiger partial charge in [-0.3, -0.25) is 0 Å². The van der Waals surface area contributed by atoms with Crippen LogP contribution < -0.4 is 5.73 Å². The highest BCUT2D eigenvalue weighted by atomic mass is 32.1. The Labute approximate surface area is 103 Å². The standard InChI is InChI=1S/C13H11N3S/c1-8-6-11-13(15-7-8)17-12(16-11)9-4-2-3-5-10(9)14/h2-7H,14H2,1H3. The zero-order chi connectivity index (χ0) is 11.8. The van der Waals surface area contributed by atoms with Crippen LogP contribution in [-0.4, -0.2) is 9.97 Å². The molecule has 3 nitrogen and oxygen atoms in total. The fraction of sp³-hybridized carbons (Fsp3) is 0.0769. The fourth-order valence-corrected chi connectivity index (χ4v) is 2.67. The van der Waals surface area contributed by atoms with Crippen molar-refractivity contribution in [3.8, 4) is 10.6 Å². The number of aromatic nitrogens is 2. The lowest BCUT2D eigenvalue weighted by Crippen LogP contribution is -1.88. The number of anilines is 1. The highest BCUT2D eigenvalue weighted by Crippen LogP contribution is 2.32. The van der Waals surface area contributed by atoms with Gasteiger partial charge in [-0.1, -0.05) is 23.5 Å². The number of nitrogens with zero attached hydrogens (tertiary/aromatic N) is 2. The second-order valence-electron chi connectivity index (χ2n) is 3.94. The van der Waals surface area contributed by atoms with E-state index in [0.29, 0.717) is 0 Å². The molecule has 0 amide bonds. The lowest BCUT2D eigenvalue weighted by atomic mass is 10.2. The number of nitrogens with two attached hydrogens (primary N) is 1. The number of aryl methyl sites for hydroxylation is 1. The van der Waals surface area contributed by atoms with E-state index in [2.05, 4.69) is 9.97 Å². The summed E-state index contributed by atoms with van der Waals surface area (Å²) in [6, 6.07) is 9.81. The Hall–Kier alpha value is -1.94. The van der Waals surface area contributed by atoms with E-state index in [0.717, 1.165) is 32.2 Å². The quantitative estimate of drug-likeness (QED) is 0.665. The average Bonchev–Trinajstić information content (AvgIpc) is 2.72. The largest absolute Gasteiger partial charge is 0.398 e. The summed E-state index contributed by atoms with van der Waals surface area (Å²) in [7, 11) is 0. The van der Waals surface area contributed by atoms with E-state index in [1.165, 1.54) is 0 Å². The number of hydrogen-bond donors (Lipinski definition) is 1. The Morgan fingerprint density at radius 3 is 2.88 bits per heavy atom. The van der Waals surface area contributed by atoms with Gasteiger partial charge in [-0.25, -0.2) is 9.97 Å². The maximum Gasteiger partial charge on any atom is 0.143 e. The van der Waals surface area contributed by atoms with Crippen LogP contribution in [0, 0.1) is 6.92 Å². The van der Waals surface area contributed by atoms with Crippen LogP contribution in [0.4, 0.5) is 5.69 Å². The minimum absolute atomic E-state index is 0.753. The topological polar surface area (TPSA) is 51.8 Å². The molecule has 0 fully saturated rings. The van der Waals surface area contributed by atoms with E-state index in [4.69, 9.17) is 5.73 Å². The molecule has 0 unspecified atom stereocenters. The van der Waals surface area contributed by atoms with Gasteiger partial charge in [-0.05, 0) is 30.7 Å². The molecule has 3 rings (SSSR count). The molecule has 2 aromatic heterocycles. The number of rotatable bonds is 1. The summed E-state index contributed by atoms with van der Waals surface area (Å²) >= 11 is 1.57. The van der Waals surface area contributed by atoms with Gasteiger partial charge in [0.15, 0.2) is 0 Å². The number of benzene rings is 1. The van der Waals surface area contributed by atoms with Crippen LogP contribution in [-0.2, 0) is 0 Å². The first-order valence-electron chi connectivity index (χ1n) is 5.32. The lowest BCUT2D eigenvalue weighted by Gasteiger charge is -1.99. The number of thiazole rings is 1. The number of hydrogen-bond acceptors (Lipinski definition) is 4. The SMILES string of the molecule is Cc1cnc2sc(-c3ccccc3N)nc2c1. The lowest BCUT2D eigenvalue weighted by molar-refractivity contribution is 1.33. The van der Waals surface area contributed by atoms with Crippen molar-refractivity contribution >= 4 is 27.4 Å². The van der Waals surface area contributed by atoms with Gasteiger partial charge in [-0.15, -0.1) is 0 Å². The monoisotopic (exact) mass is 241 g/mol. The van der Waals surface area contributed by atoms with Crippen molar-refractivity contribution in [2.45, 2.75) is 6.92 Å². The van der Waals surface area contributed by atoms with Gasteiger partial charge >= 0.3 is 0 Å². The molecule has 0 aliphatic carbocycles. The van der Waals surface area contributed by atoms with E-state index in [1.807, 2.05) is 43.5 Å². The fourth-order valence-electron chi connectivity index (χ4n) is 1.73. The average molecular weight is 241 g/mol. The highest BCUT2D eigenvalue weighted by molar-refractivity contribution is 7.21. The first-order chi connectivity index (χ1) is 8.24. The Bertz CT molecular complexity index is 688. The summed E-state index contributed by atoms with van der Waals surface area (Å²) in [5, 5.41) is 0.927. The van der Waals surface area contributed by atoms with Gasteiger partial charge in [0, 0.05) is 17.4 Å². The van der Waals surface area contributed by atoms with Crippen LogP contribution in [0.3, 0.4) is 0 Å². The maximum atomic E-state index is 5.95. The molecular formula is C13H11N3S. The van der Waals surface area contributed by atoms with Crippen LogP contribution in [0.25, 0.3) is 20.9 Å². The van der Waals surface area contributed by atoms with E-state index < -0.39 is 0 Å². The van der Waals surface area contributed by atoms with Crippen molar-refractivity contribution in [1.82, 2.24) is 9.97 Å². The number of nitrogen functional groups attached to an aromatic ring is 1. The molecule has 2 N–H and O–H groups in total. The normalized spacial score (nSPS) is 10.9. The Balaban J connectivity index is 2.22. The van der Waals surface area contributed by atoms with Crippen LogP contribution in [0.2, 0.25) is 0 Å². The number of para-hydroxylation sites is 1. The van der Waals surface area contributed by atoms with Gasteiger partial charge in [0.2, 0.25) is 0 Å². The molecule has 2 heterocycles. The smallest absolute Gasteiger partial charge is 0.143 e. The minimum atomic E-state index is 0.753. The van der Waals surface area contributed by atoms with Gasteiger partial charge in [0.25, 0.3) is 0 Å². The number of fused-ring (bicyclic) bond motifs is 1. The summed E-state index contributed by atoms with van der Waals surface area (Å²) in [5.41, 5.74) is 9.74. The zero-order valence-corrected chi connectivity index (χ0v) is 10.2. The predicted octanol–water partition coefficient (Wildman–Crippen LogP) is 3.25. The van der Waals surface area contributed by atoms with Crippen molar-refractivity contribution in [3.05, 3.63) is 42.1 Å². The van der Waals surface area contributed by atoms with Crippen molar-refractivity contribution in [2.75, 3.05) is 5.73 Å². The van der Waals surface area contributed by atoms with E-state index in [-0.39, 0.29) is 0 Å². The van der Waals surface area contributed by atoms with Crippen LogP contribution in [0.15, 0.2) is 36.5 Å². The van der Waals surface area contributed by atoms with Crippen molar-refractivity contribution in [2.24, 2.45) is 0 Å². The third-order valence-corrected chi connectivity index (χ3v) is 3.59. The second kappa shape index (κ2) is 3.82. The van der Waals surface area contributed by atoms with Crippen LogP contribution >= 0.6 is 11.3 Å². The third-order valence-electron chi connectivity index (χ3n) is 2.58. The summed E-state index contributed by atoms with van der Waals surface area (Å²) in [6.45, 7) is 2.02. The van der Waals surface area contributed by atoms with Gasteiger partial charge in [0.1, 0.15) is 15.4 Å². The first-order valence-corrected chi connectivity index (χ1v) is 6.14. The van der Waals surface area contributed by atoms with E-state index in [1.54, 1.807) is 11.3 Å². The maximum absolute atomic E-state index is 5.95. The first kappa shape index (κ1) is 10.2. The number of pyridine rings is 1. The molecule has 0 aliphatic heterocycles. The van der Waals surface area contributed by atoms with Gasteiger partial charge in [-0.2, -0.15) is 0 Å². The van der Waals surface area contributed by atoms with Crippen molar-refractivity contribution < 1.29 is 0 Å². The molecule has 0 bridgehead atoms. The summed E-state index contributed by atoms with van der Waals surface area (Å²) in [4.78, 5) is 9.91.